The first-order valence-electron chi connectivity index (χ1n) is 4.62. The van der Waals surface area contributed by atoms with Gasteiger partial charge in [0.15, 0.2) is 5.78 Å². The normalized spacial score (nSPS) is 11.8. The molecule has 0 heterocycles. The molecular weight excluding hydrogens is 226 g/mol. The van der Waals surface area contributed by atoms with Crippen LogP contribution in [0.4, 0.5) is 0 Å². The van der Waals surface area contributed by atoms with Crippen molar-refractivity contribution in [2.45, 2.75) is 5.25 Å². The Morgan fingerprint density at radius 2 is 2.12 bits per heavy atom. The van der Waals surface area contributed by atoms with Crippen molar-refractivity contribution in [1.29, 1.82) is 0 Å². The Labute approximate surface area is 97.5 Å². The first-order valence-corrected chi connectivity index (χ1v) is 5.57. The molecule has 4 nitrogen and oxygen atoms in total. The summed E-state index contributed by atoms with van der Waals surface area (Å²) in [6, 6.07) is 8.56. The summed E-state index contributed by atoms with van der Waals surface area (Å²) in [6.45, 7) is 3.09. The third kappa shape index (κ3) is 3.51. The van der Waals surface area contributed by atoms with Gasteiger partial charge in [-0.3, -0.25) is 14.9 Å². The lowest BCUT2D eigenvalue weighted by Crippen LogP contribution is -2.25. The number of ketones is 1. The SMILES string of the molecule is C=CSC(C[N+](=O)[O-])C(=O)c1ccccc1. The smallest absolute Gasteiger partial charge is 0.223 e. The van der Waals surface area contributed by atoms with Gasteiger partial charge in [0.1, 0.15) is 5.25 Å². The molecule has 1 aromatic carbocycles. The Kier molecular flexibility index (Phi) is 4.72. The number of rotatable bonds is 6. The summed E-state index contributed by atoms with van der Waals surface area (Å²) in [4.78, 5) is 21.8. The van der Waals surface area contributed by atoms with Crippen LogP contribution in [0, 0.1) is 10.1 Å². The van der Waals surface area contributed by atoms with E-state index in [0.29, 0.717) is 5.56 Å². The molecule has 0 fully saturated rings. The van der Waals surface area contributed by atoms with Gasteiger partial charge in [-0.2, -0.15) is 0 Å². The van der Waals surface area contributed by atoms with Crippen molar-refractivity contribution < 1.29 is 9.72 Å². The van der Waals surface area contributed by atoms with Crippen molar-refractivity contribution in [3.05, 3.63) is 58.0 Å². The molecule has 0 radical (unpaired) electrons. The largest absolute Gasteiger partial charge is 0.293 e. The van der Waals surface area contributed by atoms with Gasteiger partial charge in [-0.05, 0) is 5.41 Å². The molecule has 0 bridgehead atoms. The van der Waals surface area contributed by atoms with E-state index in [4.69, 9.17) is 0 Å². The van der Waals surface area contributed by atoms with Crippen LogP contribution in [0.5, 0.6) is 0 Å². The molecule has 0 aromatic heterocycles. The molecule has 16 heavy (non-hydrogen) atoms. The number of thioether (sulfide) groups is 1. The molecule has 1 rings (SSSR count). The van der Waals surface area contributed by atoms with Gasteiger partial charge in [-0.1, -0.05) is 36.9 Å². The van der Waals surface area contributed by atoms with Gasteiger partial charge in [0.05, 0.1) is 0 Å². The molecule has 0 aliphatic carbocycles. The Hall–Kier alpha value is -1.62. The van der Waals surface area contributed by atoms with Crippen molar-refractivity contribution in [3.8, 4) is 0 Å². The van der Waals surface area contributed by atoms with Crippen LogP contribution in [0.15, 0.2) is 42.3 Å². The van der Waals surface area contributed by atoms with E-state index in [0.717, 1.165) is 11.8 Å². The molecule has 0 N–H and O–H groups in total. The van der Waals surface area contributed by atoms with Gasteiger partial charge in [0, 0.05) is 10.5 Å². The van der Waals surface area contributed by atoms with Crippen LogP contribution < -0.4 is 0 Å². The number of carbonyl (C=O) groups excluding carboxylic acids is 1. The molecule has 0 aliphatic rings. The molecule has 5 heteroatoms. The number of hydrogen-bond acceptors (Lipinski definition) is 4. The number of nitro groups is 1. The Bertz CT molecular complexity index is 391. The second kappa shape index (κ2) is 6.07. The summed E-state index contributed by atoms with van der Waals surface area (Å²) < 4.78 is 0. The summed E-state index contributed by atoms with van der Waals surface area (Å²) in [5.74, 6) is -0.234. The summed E-state index contributed by atoms with van der Waals surface area (Å²) in [6.07, 6.45) is 0. The Morgan fingerprint density at radius 1 is 1.50 bits per heavy atom. The Balaban J connectivity index is 2.82. The summed E-state index contributed by atoms with van der Waals surface area (Å²) >= 11 is 1.08. The number of carbonyl (C=O) groups is 1. The van der Waals surface area contributed by atoms with Gasteiger partial charge in [-0.15, -0.1) is 11.8 Å². The predicted octanol–water partition coefficient (Wildman–Crippen LogP) is 2.39. The maximum atomic E-state index is 11.9. The minimum atomic E-state index is -0.699. The number of nitrogens with zero attached hydrogens (tertiary/aromatic N) is 1. The van der Waals surface area contributed by atoms with E-state index in [9.17, 15) is 14.9 Å². The van der Waals surface area contributed by atoms with Crippen molar-refractivity contribution >= 4 is 17.5 Å². The van der Waals surface area contributed by atoms with E-state index in [1.165, 1.54) is 5.41 Å². The quantitative estimate of drug-likeness (QED) is 0.433. The lowest BCUT2D eigenvalue weighted by atomic mass is 10.1. The van der Waals surface area contributed by atoms with Gasteiger partial charge in [0.2, 0.25) is 6.54 Å². The molecule has 1 atom stereocenters. The van der Waals surface area contributed by atoms with Gasteiger partial charge < -0.3 is 0 Å². The Morgan fingerprint density at radius 3 is 2.62 bits per heavy atom. The monoisotopic (exact) mass is 237 g/mol. The molecule has 0 saturated heterocycles. The molecule has 1 unspecified atom stereocenters. The van der Waals surface area contributed by atoms with Gasteiger partial charge in [0.25, 0.3) is 0 Å². The lowest BCUT2D eigenvalue weighted by Gasteiger charge is -2.08. The fourth-order valence-corrected chi connectivity index (χ4v) is 1.93. The highest BCUT2D eigenvalue weighted by molar-refractivity contribution is 8.03. The van der Waals surface area contributed by atoms with Crippen LogP contribution in [0.2, 0.25) is 0 Å². The van der Waals surface area contributed by atoms with Crippen LogP contribution in [0.1, 0.15) is 10.4 Å². The third-order valence-electron chi connectivity index (χ3n) is 1.93. The van der Waals surface area contributed by atoms with Crippen molar-refractivity contribution in [2.24, 2.45) is 0 Å². The van der Waals surface area contributed by atoms with Crippen LogP contribution >= 0.6 is 11.8 Å². The van der Waals surface area contributed by atoms with Gasteiger partial charge in [-0.25, -0.2) is 0 Å². The topological polar surface area (TPSA) is 60.2 Å². The summed E-state index contributed by atoms with van der Waals surface area (Å²) in [5, 5.41) is 11.2. The highest BCUT2D eigenvalue weighted by Crippen LogP contribution is 2.17. The van der Waals surface area contributed by atoms with E-state index in [1.807, 2.05) is 0 Å². The maximum absolute atomic E-state index is 11.9. The highest BCUT2D eigenvalue weighted by Gasteiger charge is 2.24. The van der Waals surface area contributed by atoms with Crippen molar-refractivity contribution in [3.63, 3.8) is 0 Å². The van der Waals surface area contributed by atoms with Crippen LogP contribution in [0.3, 0.4) is 0 Å². The van der Waals surface area contributed by atoms with E-state index in [1.54, 1.807) is 30.3 Å². The molecule has 1 aromatic rings. The fourth-order valence-electron chi connectivity index (χ4n) is 1.23. The third-order valence-corrected chi connectivity index (χ3v) is 2.81. The van der Waals surface area contributed by atoms with Crippen LogP contribution in [-0.4, -0.2) is 22.5 Å². The molecule has 84 valence electrons. The van der Waals surface area contributed by atoms with E-state index >= 15 is 0 Å². The molecule has 0 saturated carbocycles. The standard InChI is InChI=1S/C11H11NO3S/c1-2-16-10(8-12(14)15)11(13)9-6-4-3-5-7-9/h2-7,10H,1,8H2. The average Bonchev–Trinajstić information content (AvgIpc) is 2.28. The zero-order valence-electron chi connectivity index (χ0n) is 8.54. The maximum Gasteiger partial charge on any atom is 0.223 e. The number of benzene rings is 1. The minimum Gasteiger partial charge on any atom is -0.293 e. The highest BCUT2D eigenvalue weighted by atomic mass is 32.2. The van der Waals surface area contributed by atoms with Crippen molar-refractivity contribution in [2.75, 3.05) is 6.54 Å². The fraction of sp³-hybridized carbons (Fsp3) is 0.182. The van der Waals surface area contributed by atoms with E-state index < -0.39 is 10.2 Å². The molecule has 0 aliphatic heterocycles. The average molecular weight is 237 g/mol. The van der Waals surface area contributed by atoms with Crippen molar-refractivity contribution in [1.82, 2.24) is 0 Å². The van der Waals surface area contributed by atoms with E-state index in [-0.39, 0.29) is 12.3 Å². The first kappa shape index (κ1) is 12.4. The minimum absolute atomic E-state index is 0.234. The molecular formula is C11H11NO3S. The summed E-state index contributed by atoms with van der Waals surface area (Å²) in [7, 11) is 0. The van der Waals surface area contributed by atoms with E-state index in [2.05, 4.69) is 6.58 Å². The summed E-state index contributed by atoms with van der Waals surface area (Å²) in [5.41, 5.74) is 0.490. The lowest BCUT2D eigenvalue weighted by molar-refractivity contribution is -0.477. The first-order chi connectivity index (χ1) is 7.65. The second-order valence-electron chi connectivity index (χ2n) is 3.04. The predicted molar refractivity (Wildman–Crippen MR) is 64.2 cm³/mol. The second-order valence-corrected chi connectivity index (χ2v) is 4.21. The zero-order valence-corrected chi connectivity index (χ0v) is 9.35. The van der Waals surface area contributed by atoms with Crippen LogP contribution in [-0.2, 0) is 0 Å². The van der Waals surface area contributed by atoms with Gasteiger partial charge >= 0.3 is 0 Å². The molecule has 0 spiro atoms. The number of Topliss-reactive ketones (excluding diaryl/α,β-unsaturated/α-hetero) is 1. The van der Waals surface area contributed by atoms with Crippen LogP contribution in [0.25, 0.3) is 0 Å². The number of hydrogen-bond donors (Lipinski definition) is 0. The zero-order chi connectivity index (χ0) is 12.0. The molecule has 0 amide bonds.